The van der Waals surface area contributed by atoms with Gasteiger partial charge >= 0.3 is 0 Å². The van der Waals surface area contributed by atoms with E-state index >= 15 is 0 Å². The summed E-state index contributed by atoms with van der Waals surface area (Å²) in [4.78, 5) is 4.56. The number of nitrogens with two attached hydrogens (primary N) is 1. The topological polar surface area (TPSA) is 85.1 Å². The van der Waals surface area contributed by atoms with Crippen molar-refractivity contribution in [3.8, 4) is 0 Å². The number of hydrogen-bond donors (Lipinski definition) is 2. The zero-order chi connectivity index (χ0) is 14.8. The maximum atomic E-state index is 11.2. The van der Waals surface area contributed by atoms with Crippen LogP contribution in [0.3, 0.4) is 0 Å². The van der Waals surface area contributed by atoms with Gasteiger partial charge in [0.05, 0.1) is 15.6 Å². The van der Waals surface area contributed by atoms with E-state index in [1.54, 1.807) is 23.5 Å². The fourth-order valence-electron chi connectivity index (χ4n) is 1.75. The molecule has 0 amide bonds. The number of aryl methyl sites for hydroxylation is 1. The molecule has 1 heterocycles. The largest absolute Gasteiger partial charge is 0.305 e. The van der Waals surface area contributed by atoms with Crippen LogP contribution in [0.1, 0.15) is 29.2 Å². The van der Waals surface area contributed by atoms with Crippen molar-refractivity contribution in [3.63, 3.8) is 0 Å². The first kappa shape index (κ1) is 15.1. The van der Waals surface area contributed by atoms with Gasteiger partial charge in [-0.05, 0) is 31.5 Å². The van der Waals surface area contributed by atoms with Crippen LogP contribution in [-0.2, 0) is 16.6 Å². The number of thiazole rings is 1. The van der Waals surface area contributed by atoms with Gasteiger partial charge in [0, 0.05) is 18.0 Å². The molecule has 0 saturated heterocycles. The van der Waals surface area contributed by atoms with Crippen molar-refractivity contribution in [1.82, 2.24) is 10.3 Å². The highest BCUT2D eigenvalue weighted by Crippen LogP contribution is 2.16. The molecule has 0 spiro atoms. The molecule has 7 heteroatoms. The van der Waals surface area contributed by atoms with Crippen LogP contribution in [-0.4, -0.2) is 13.4 Å². The molecule has 5 nitrogen and oxygen atoms in total. The van der Waals surface area contributed by atoms with Crippen LogP contribution >= 0.6 is 11.3 Å². The number of nitrogens with one attached hydrogen (secondary N) is 1. The zero-order valence-electron chi connectivity index (χ0n) is 11.3. The van der Waals surface area contributed by atoms with Crippen LogP contribution < -0.4 is 10.5 Å². The number of aromatic nitrogens is 1. The molecule has 1 aromatic heterocycles. The summed E-state index contributed by atoms with van der Waals surface area (Å²) < 4.78 is 22.3. The average molecular weight is 311 g/mol. The van der Waals surface area contributed by atoms with Gasteiger partial charge in [0.1, 0.15) is 0 Å². The highest BCUT2D eigenvalue weighted by atomic mass is 32.2. The summed E-state index contributed by atoms with van der Waals surface area (Å²) in [7, 11) is -3.62. The fourth-order valence-corrected chi connectivity index (χ4v) is 2.97. The summed E-state index contributed by atoms with van der Waals surface area (Å²) in [5.74, 6) is 0. The Balaban J connectivity index is 1.97. The van der Waals surface area contributed by atoms with E-state index in [0.29, 0.717) is 6.54 Å². The van der Waals surface area contributed by atoms with Gasteiger partial charge in [0.25, 0.3) is 0 Å². The van der Waals surface area contributed by atoms with E-state index in [1.165, 1.54) is 12.1 Å². The van der Waals surface area contributed by atoms with E-state index in [1.807, 2.05) is 19.2 Å². The monoisotopic (exact) mass is 311 g/mol. The maximum Gasteiger partial charge on any atom is 0.238 e. The quantitative estimate of drug-likeness (QED) is 0.884. The molecule has 0 aliphatic carbocycles. The van der Waals surface area contributed by atoms with E-state index in [9.17, 15) is 8.42 Å². The van der Waals surface area contributed by atoms with Crippen LogP contribution in [0.15, 0.2) is 34.5 Å². The highest BCUT2D eigenvalue weighted by Gasteiger charge is 2.09. The normalized spacial score (nSPS) is 13.3. The van der Waals surface area contributed by atoms with E-state index in [4.69, 9.17) is 5.14 Å². The molecule has 0 aliphatic rings. The Morgan fingerprint density at radius 1 is 1.35 bits per heavy atom. The van der Waals surface area contributed by atoms with Gasteiger partial charge < -0.3 is 5.32 Å². The van der Waals surface area contributed by atoms with Gasteiger partial charge in [-0.25, -0.2) is 18.5 Å². The van der Waals surface area contributed by atoms with Crippen LogP contribution in [0.5, 0.6) is 0 Å². The molecular formula is C13H17N3O2S2. The summed E-state index contributed by atoms with van der Waals surface area (Å²) in [6, 6.07) is 6.70. The minimum atomic E-state index is -3.62. The molecule has 1 unspecified atom stereocenters. The summed E-state index contributed by atoms with van der Waals surface area (Å²) >= 11 is 1.63. The Bertz CT molecular complexity index is 678. The van der Waals surface area contributed by atoms with Crippen molar-refractivity contribution in [2.75, 3.05) is 0 Å². The van der Waals surface area contributed by atoms with Crippen molar-refractivity contribution in [2.45, 2.75) is 31.3 Å². The first-order valence-electron chi connectivity index (χ1n) is 6.13. The molecular weight excluding hydrogens is 294 g/mol. The molecule has 2 rings (SSSR count). The van der Waals surface area contributed by atoms with Crippen molar-refractivity contribution in [3.05, 3.63) is 45.9 Å². The molecule has 1 atom stereocenters. The molecule has 0 fully saturated rings. The van der Waals surface area contributed by atoms with Crippen molar-refractivity contribution in [1.29, 1.82) is 0 Å². The lowest BCUT2D eigenvalue weighted by atomic mass is 10.2. The molecule has 0 saturated carbocycles. The summed E-state index contributed by atoms with van der Waals surface area (Å²) in [6.45, 7) is 4.67. The predicted molar refractivity (Wildman–Crippen MR) is 79.9 cm³/mol. The SMILES string of the molecule is Cc1nc(C(C)NCc2ccc(S(N)(=O)=O)cc2)cs1. The number of benzene rings is 1. The third-order valence-electron chi connectivity index (χ3n) is 2.94. The Hall–Kier alpha value is -1.28. The van der Waals surface area contributed by atoms with Crippen molar-refractivity contribution in [2.24, 2.45) is 5.14 Å². The van der Waals surface area contributed by atoms with Gasteiger partial charge in [0.2, 0.25) is 10.0 Å². The predicted octanol–water partition coefficient (Wildman–Crippen LogP) is 1.95. The number of sulfonamides is 1. The number of hydrogen-bond acceptors (Lipinski definition) is 5. The number of primary sulfonamides is 1. The molecule has 20 heavy (non-hydrogen) atoms. The summed E-state index contributed by atoms with van der Waals surface area (Å²) in [5.41, 5.74) is 2.02. The van der Waals surface area contributed by atoms with Gasteiger partial charge in [-0.15, -0.1) is 11.3 Å². The van der Waals surface area contributed by atoms with Gasteiger partial charge in [-0.1, -0.05) is 12.1 Å². The zero-order valence-corrected chi connectivity index (χ0v) is 13.0. The minimum absolute atomic E-state index is 0.129. The molecule has 0 radical (unpaired) electrons. The summed E-state index contributed by atoms with van der Waals surface area (Å²) in [6.07, 6.45) is 0. The second kappa shape index (κ2) is 6.01. The Morgan fingerprint density at radius 3 is 2.50 bits per heavy atom. The van der Waals surface area contributed by atoms with Gasteiger partial charge in [0.15, 0.2) is 0 Å². The summed E-state index contributed by atoms with van der Waals surface area (Å²) in [5, 5.41) is 11.5. The first-order chi connectivity index (χ1) is 9.36. The van der Waals surface area contributed by atoms with Crippen molar-refractivity contribution >= 4 is 21.4 Å². The van der Waals surface area contributed by atoms with Crippen molar-refractivity contribution < 1.29 is 8.42 Å². The van der Waals surface area contributed by atoms with Gasteiger partial charge in [-0.3, -0.25) is 0 Å². The van der Waals surface area contributed by atoms with Crippen LogP contribution in [0.2, 0.25) is 0 Å². The molecule has 0 aliphatic heterocycles. The van der Waals surface area contributed by atoms with Crippen LogP contribution in [0.25, 0.3) is 0 Å². The van der Waals surface area contributed by atoms with E-state index in [-0.39, 0.29) is 10.9 Å². The van der Waals surface area contributed by atoms with Crippen LogP contribution in [0, 0.1) is 6.92 Å². The Kier molecular flexibility index (Phi) is 4.54. The smallest absolute Gasteiger partial charge is 0.238 e. The van der Waals surface area contributed by atoms with E-state index in [0.717, 1.165) is 16.3 Å². The lowest BCUT2D eigenvalue weighted by Crippen LogP contribution is -2.18. The number of nitrogens with zero attached hydrogens (tertiary/aromatic N) is 1. The lowest BCUT2D eigenvalue weighted by Gasteiger charge is -2.11. The highest BCUT2D eigenvalue weighted by molar-refractivity contribution is 7.89. The molecule has 3 N–H and O–H groups in total. The standard InChI is InChI=1S/C13H17N3O2S2/c1-9(13-8-19-10(2)16-13)15-7-11-3-5-12(6-4-11)20(14,17)18/h3-6,8-9,15H,7H2,1-2H3,(H2,14,17,18). The van der Waals surface area contributed by atoms with Crippen LogP contribution in [0.4, 0.5) is 0 Å². The first-order valence-corrected chi connectivity index (χ1v) is 8.56. The second-order valence-corrected chi connectivity index (χ2v) is 7.21. The minimum Gasteiger partial charge on any atom is -0.305 e. The fraction of sp³-hybridized carbons (Fsp3) is 0.308. The lowest BCUT2D eigenvalue weighted by molar-refractivity contribution is 0.563. The Morgan fingerprint density at radius 2 is 2.00 bits per heavy atom. The van der Waals surface area contributed by atoms with E-state index < -0.39 is 10.0 Å². The average Bonchev–Trinajstić information content (AvgIpc) is 2.82. The van der Waals surface area contributed by atoms with Gasteiger partial charge in [-0.2, -0.15) is 0 Å². The molecule has 0 bridgehead atoms. The van der Waals surface area contributed by atoms with E-state index in [2.05, 4.69) is 10.3 Å². The molecule has 2 aromatic rings. The second-order valence-electron chi connectivity index (χ2n) is 4.58. The Labute approximate surface area is 122 Å². The third kappa shape index (κ3) is 3.86. The molecule has 108 valence electrons. The maximum absolute atomic E-state index is 11.2. The molecule has 1 aromatic carbocycles. The third-order valence-corrected chi connectivity index (χ3v) is 4.67. The number of rotatable bonds is 5.